The maximum absolute atomic E-state index is 11.4. The van der Waals surface area contributed by atoms with Gasteiger partial charge in [0.15, 0.2) is 0 Å². The molecule has 1 aromatic rings. The number of nitrogens with one attached hydrogen (secondary N) is 1. The SMILES string of the molecule is O=C(CC(O)c1ccc(Cl)cc1)NCCCO. The summed E-state index contributed by atoms with van der Waals surface area (Å²) in [4.78, 5) is 11.4. The normalized spacial score (nSPS) is 12.2. The van der Waals surface area contributed by atoms with E-state index in [4.69, 9.17) is 16.7 Å². The van der Waals surface area contributed by atoms with Crippen molar-refractivity contribution in [3.05, 3.63) is 34.9 Å². The minimum atomic E-state index is -0.832. The van der Waals surface area contributed by atoms with E-state index >= 15 is 0 Å². The first kappa shape index (κ1) is 14.0. The number of hydrogen-bond donors (Lipinski definition) is 3. The number of halogens is 1. The Morgan fingerprint density at radius 2 is 2.00 bits per heavy atom. The van der Waals surface area contributed by atoms with Gasteiger partial charge in [0.2, 0.25) is 5.91 Å². The lowest BCUT2D eigenvalue weighted by Gasteiger charge is -2.11. The molecule has 3 N–H and O–H groups in total. The Morgan fingerprint density at radius 1 is 1.35 bits per heavy atom. The smallest absolute Gasteiger partial charge is 0.222 e. The van der Waals surface area contributed by atoms with Gasteiger partial charge < -0.3 is 15.5 Å². The van der Waals surface area contributed by atoms with Crippen molar-refractivity contribution in [1.29, 1.82) is 0 Å². The van der Waals surface area contributed by atoms with Crippen molar-refractivity contribution < 1.29 is 15.0 Å². The molecule has 5 heteroatoms. The molecule has 1 atom stereocenters. The van der Waals surface area contributed by atoms with Gasteiger partial charge in [-0.05, 0) is 24.1 Å². The molecule has 0 aromatic heterocycles. The number of hydrogen-bond acceptors (Lipinski definition) is 3. The largest absolute Gasteiger partial charge is 0.396 e. The molecule has 0 spiro atoms. The summed E-state index contributed by atoms with van der Waals surface area (Å²) >= 11 is 5.72. The number of aliphatic hydroxyl groups excluding tert-OH is 2. The highest BCUT2D eigenvalue weighted by atomic mass is 35.5. The summed E-state index contributed by atoms with van der Waals surface area (Å²) in [6.45, 7) is 0.461. The van der Waals surface area contributed by atoms with E-state index in [-0.39, 0.29) is 18.9 Å². The van der Waals surface area contributed by atoms with Crippen molar-refractivity contribution in [2.75, 3.05) is 13.2 Å². The molecule has 0 saturated heterocycles. The van der Waals surface area contributed by atoms with E-state index in [0.29, 0.717) is 23.6 Å². The van der Waals surface area contributed by atoms with Crippen molar-refractivity contribution in [2.24, 2.45) is 0 Å². The van der Waals surface area contributed by atoms with Crippen LogP contribution < -0.4 is 5.32 Å². The lowest BCUT2D eigenvalue weighted by atomic mass is 10.1. The van der Waals surface area contributed by atoms with Crippen LogP contribution in [-0.2, 0) is 4.79 Å². The monoisotopic (exact) mass is 257 g/mol. The number of carbonyl (C=O) groups excluding carboxylic acids is 1. The zero-order valence-electron chi connectivity index (χ0n) is 9.40. The molecular formula is C12H16ClNO3. The Balaban J connectivity index is 2.40. The number of carbonyl (C=O) groups is 1. The van der Waals surface area contributed by atoms with Crippen LogP contribution in [0.4, 0.5) is 0 Å². The first-order valence-electron chi connectivity index (χ1n) is 5.44. The summed E-state index contributed by atoms with van der Waals surface area (Å²) < 4.78 is 0. The van der Waals surface area contributed by atoms with E-state index in [1.807, 2.05) is 0 Å². The van der Waals surface area contributed by atoms with Crippen molar-refractivity contribution in [3.8, 4) is 0 Å². The standard InChI is InChI=1S/C12H16ClNO3/c13-10-4-2-9(3-5-10)11(16)8-12(17)14-6-1-7-15/h2-5,11,15-16H,1,6-8H2,(H,14,17). The van der Waals surface area contributed by atoms with Crippen LogP contribution in [0.25, 0.3) is 0 Å². The first-order chi connectivity index (χ1) is 8.13. The molecule has 0 saturated carbocycles. The molecule has 0 radical (unpaired) electrons. The summed E-state index contributed by atoms with van der Waals surface area (Å²) in [6, 6.07) is 6.72. The average molecular weight is 258 g/mol. The Morgan fingerprint density at radius 3 is 2.59 bits per heavy atom. The Bertz CT molecular complexity index is 353. The van der Waals surface area contributed by atoms with Gasteiger partial charge in [-0.15, -0.1) is 0 Å². The van der Waals surface area contributed by atoms with E-state index in [9.17, 15) is 9.90 Å². The highest BCUT2D eigenvalue weighted by molar-refractivity contribution is 6.30. The number of amides is 1. The Hall–Kier alpha value is -1.10. The van der Waals surface area contributed by atoms with E-state index < -0.39 is 6.10 Å². The summed E-state index contributed by atoms with van der Waals surface area (Å²) in [7, 11) is 0. The molecule has 1 amide bonds. The quantitative estimate of drug-likeness (QED) is 0.672. The second-order valence-electron chi connectivity index (χ2n) is 3.70. The molecule has 0 aliphatic rings. The average Bonchev–Trinajstić information content (AvgIpc) is 2.30. The fourth-order valence-electron chi connectivity index (χ4n) is 1.36. The fraction of sp³-hybridized carbons (Fsp3) is 0.417. The third kappa shape index (κ3) is 5.17. The van der Waals surface area contributed by atoms with Crippen LogP contribution in [0.2, 0.25) is 5.02 Å². The zero-order chi connectivity index (χ0) is 12.7. The van der Waals surface area contributed by atoms with Crippen LogP contribution in [0.1, 0.15) is 24.5 Å². The number of aliphatic hydroxyl groups is 2. The van der Waals surface area contributed by atoms with Crippen molar-refractivity contribution in [3.63, 3.8) is 0 Å². The van der Waals surface area contributed by atoms with Gasteiger partial charge in [0, 0.05) is 18.2 Å². The van der Waals surface area contributed by atoms with Gasteiger partial charge in [-0.3, -0.25) is 4.79 Å². The van der Waals surface area contributed by atoms with Crippen LogP contribution in [-0.4, -0.2) is 29.3 Å². The number of benzene rings is 1. The zero-order valence-corrected chi connectivity index (χ0v) is 10.2. The van der Waals surface area contributed by atoms with E-state index in [0.717, 1.165) is 0 Å². The van der Waals surface area contributed by atoms with Crippen molar-refractivity contribution in [1.82, 2.24) is 5.32 Å². The highest BCUT2D eigenvalue weighted by Gasteiger charge is 2.12. The topological polar surface area (TPSA) is 69.6 Å². The van der Waals surface area contributed by atoms with Crippen molar-refractivity contribution >= 4 is 17.5 Å². The minimum Gasteiger partial charge on any atom is -0.396 e. The second-order valence-corrected chi connectivity index (χ2v) is 4.14. The molecule has 0 aliphatic heterocycles. The predicted molar refractivity (Wildman–Crippen MR) is 65.7 cm³/mol. The Kier molecular flexibility index (Phi) is 5.97. The summed E-state index contributed by atoms with van der Waals surface area (Å²) in [6.07, 6.45) is -0.308. The predicted octanol–water partition coefficient (Wildman–Crippen LogP) is 1.26. The van der Waals surface area contributed by atoms with Gasteiger partial charge in [0.1, 0.15) is 0 Å². The molecular weight excluding hydrogens is 242 g/mol. The van der Waals surface area contributed by atoms with Gasteiger partial charge in [-0.2, -0.15) is 0 Å². The van der Waals surface area contributed by atoms with Crippen molar-refractivity contribution in [2.45, 2.75) is 18.9 Å². The lowest BCUT2D eigenvalue weighted by molar-refractivity contribution is -0.123. The van der Waals surface area contributed by atoms with Gasteiger partial charge in [0.25, 0.3) is 0 Å². The van der Waals surface area contributed by atoms with Crippen LogP contribution >= 0.6 is 11.6 Å². The van der Waals surface area contributed by atoms with Crippen LogP contribution in [0, 0.1) is 0 Å². The lowest BCUT2D eigenvalue weighted by Crippen LogP contribution is -2.26. The van der Waals surface area contributed by atoms with Crippen LogP contribution in [0.3, 0.4) is 0 Å². The third-order valence-corrected chi connectivity index (χ3v) is 2.54. The van der Waals surface area contributed by atoms with Gasteiger partial charge in [-0.1, -0.05) is 23.7 Å². The molecule has 0 bridgehead atoms. The fourth-order valence-corrected chi connectivity index (χ4v) is 1.48. The minimum absolute atomic E-state index is 0.00700. The molecule has 1 unspecified atom stereocenters. The van der Waals surface area contributed by atoms with E-state index in [1.165, 1.54) is 0 Å². The first-order valence-corrected chi connectivity index (χ1v) is 5.82. The van der Waals surface area contributed by atoms with E-state index in [2.05, 4.69) is 5.32 Å². The maximum atomic E-state index is 11.4. The second kappa shape index (κ2) is 7.27. The van der Waals surface area contributed by atoms with Gasteiger partial charge in [-0.25, -0.2) is 0 Å². The molecule has 94 valence electrons. The third-order valence-electron chi connectivity index (χ3n) is 2.29. The molecule has 4 nitrogen and oxygen atoms in total. The summed E-state index contributed by atoms with van der Waals surface area (Å²) in [5, 5.41) is 21.5. The molecule has 0 fully saturated rings. The van der Waals surface area contributed by atoms with Crippen LogP contribution in [0.15, 0.2) is 24.3 Å². The molecule has 1 rings (SSSR count). The maximum Gasteiger partial charge on any atom is 0.222 e. The van der Waals surface area contributed by atoms with Gasteiger partial charge in [0.05, 0.1) is 12.5 Å². The Labute approximate surface area is 105 Å². The summed E-state index contributed by atoms with van der Waals surface area (Å²) in [5.41, 5.74) is 0.659. The highest BCUT2D eigenvalue weighted by Crippen LogP contribution is 2.18. The molecule has 0 aliphatic carbocycles. The van der Waals surface area contributed by atoms with E-state index in [1.54, 1.807) is 24.3 Å². The van der Waals surface area contributed by atoms with Crippen LogP contribution in [0.5, 0.6) is 0 Å². The molecule has 0 heterocycles. The molecule has 17 heavy (non-hydrogen) atoms. The summed E-state index contributed by atoms with van der Waals surface area (Å²) in [5.74, 6) is -0.235. The molecule has 1 aromatic carbocycles. The number of rotatable bonds is 6. The van der Waals surface area contributed by atoms with Gasteiger partial charge >= 0.3 is 0 Å².